The number of nitrogens with one attached hydrogen (secondary N) is 2. The Morgan fingerprint density at radius 2 is 2.04 bits per heavy atom. The molecule has 0 unspecified atom stereocenters. The van der Waals surface area contributed by atoms with Crippen LogP contribution in [-0.4, -0.2) is 33.9 Å². The zero-order chi connectivity index (χ0) is 18.4. The Morgan fingerprint density at radius 3 is 2.68 bits per heavy atom. The van der Waals surface area contributed by atoms with Gasteiger partial charge in [0.15, 0.2) is 5.82 Å². The van der Waals surface area contributed by atoms with E-state index in [1.54, 1.807) is 16.9 Å². The fraction of sp³-hybridized carbons (Fsp3) is 0.400. The average Bonchev–Trinajstić information content (AvgIpc) is 2.96. The second-order valence-electron chi connectivity index (χ2n) is 5.46. The molecule has 0 saturated carbocycles. The predicted molar refractivity (Wildman–Crippen MR) is 84.3 cm³/mol. The van der Waals surface area contributed by atoms with Crippen LogP contribution in [0.15, 0.2) is 30.5 Å². The van der Waals surface area contributed by atoms with Crippen LogP contribution in [0.3, 0.4) is 0 Å². The van der Waals surface area contributed by atoms with Gasteiger partial charge in [-0.1, -0.05) is 23.4 Å². The molecule has 2 N–H and O–H groups in total. The van der Waals surface area contributed by atoms with E-state index in [4.69, 9.17) is 0 Å². The minimum atomic E-state index is -4.76. The van der Waals surface area contributed by atoms with E-state index in [1.807, 2.05) is 13.8 Å². The van der Waals surface area contributed by atoms with Crippen LogP contribution in [0.5, 0.6) is 5.75 Å². The third-order valence-electron chi connectivity index (χ3n) is 3.16. The van der Waals surface area contributed by atoms with Gasteiger partial charge in [-0.3, -0.25) is 5.32 Å². The summed E-state index contributed by atoms with van der Waals surface area (Å²) in [5.41, 5.74) is 0.339. The first-order valence-corrected chi connectivity index (χ1v) is 7.55. The predicted octanol–water partition coefficient (Wildman–Crippen LogP) is 3.12. The Labute approximate surface area is 142 Å². The highest BCUT2D eigenvalue weighted by molar-refractivity contribution is 5.87. The number of aromatic nitrogens is 3. The van der Waals surface area contributed by atoms with Crippen molar-refractivity contribution in [2.45, 2.75) is 32.7 Å². The number of hydrogen-bond donors (Lipinski definition) is 2. The minimum absolute atomic E-state index is 0.108. The highest BCUT2D eigenvalue weighted by Gasteiger charge is 2.31. The molecule has 1 aromatic heterocycles. The van der Waals surface area contributed by atoms with Crippen LogP contribution in [0, 0.1) is 0 Å². The molecule has 136 valence electrons. The number of carbonyl (C=O) groups excluding carboxylic acids is 1. The number of anilines is 1. The minimum Gasteiger partial charge on any atom is -0.406 e. The largest absolute Gasteiger partial charge is 0.573 e. The van der Waals surface area contributed by atoms with Crippen LogP contribution in [-0.2, 0) is 6.42 Å². The lowest BCUT2D eigenvalue weighted by Crippen LogP contribution is -2.30. The summed E-state index contributed by atoms with van der Waals surface area (Å²) in [5.74, 6) is 0.00379. The fourth-order valence-corrected chi connectivity index (χ4v) is 1.99. The van der Waals surface area contributed by atoms with Gasteiger partial charge in [0.25, 0.3) is 0 Å². The maximum atomic E-state index is 12.4. The second kappa shape index (κ2) is 7.86. The van der Waals surface area contributed by atoms with Gasteiger partial charge in [0.2, 0.25) is 0 Å². The van der Waals surface area contributed by atoms with E-state index in [0.29, 0.717) is 5.56 Å². The SMILES string of the molecule is CC(C)n1cc(NC(=O)NCCc2ccccc2OC(F)(F)F)nn1. The first-order valence-electron chi connectivity index (χ1n) is 7.55. The molecule has 10 heteroatoms. The van der Waals surface area contributed by atoms with Crippen molar-refractivity contribution in [2.75, 3.05) is 11.9 Å². The van der Waals surface area contributed by atoms with Crippen molar-refractivity contribution >= 4 is 11.8 Å². The van der Waals surface area contributed by atoms with Gasteiger partial charge in [0.1, 0.15) is 5.75 Å². The summed E-state index contributed by atoms with van der Waals surface area (Å²) in [4.78, 5) is 11.8. The summed E-state index contributed by atoms with van der Waals surface area (Å²) in [6.07, 6.45) is -3.00. The molecule has 0 saturated heterocycles. The molecular weight excluding hydrogens is 339 g/mol. The van der Waals surface area contributed by atoms with Crippen molar-refractivity contribution in [1.82, 2.24) is 20.3 Å². The first-order chi connectivity index (χ1) is 11.7. The van der Waals surface area contributed by atoms with E-state index < -0.39 is 12.4 Å². The normalized spacial score (nSPS) is 11.4. The number of amides is 2. The molecule has 0 radical (unpaired) electrons. The highest BCUT2D eigenvalue weighted by Crippen LogP contribution is 2.26. The molecule has 0 atom stereocenters. The fourth-order valence-electron chi connectivity index (χ4n) is 1.99. The zero-order valence-corrected chi connectivity index (χ0v) is 13.7. The van der Waals surface area contributed by atoms with Gasteiger partial charge in [-0.25, -0.2) is 9.48 Å². The summed E-state index contributed by atoms with van der Waals surface area (Å²) in [7, 11) is 0. The van der Waals surface area contributed by atoms with E-state index >= 15 is 0 Å². The van der Waals surface area contributed by atoms with Crippen LogP contribution >= 0.6 is 0 Å². The summed E-state index contributed by atoms with van der Waals surface area (Å²) in [6.45, 7) is 3.96. The number of hydrogen-bond acceptors (Lipinski definition) is 4. The number of urea groups is 1. The van der Waals surface area contributed by atoms with Crippen LogP contribution in [0.25, 0.3) is 0 Å². The molecule has 7 nitrogen and oxygen atoms in total. The lowest BCUT2D eigenvalue weighted by Gasteiger charge is -2.13. The molecule has 1 heterocycles. The van der Waals surface area contributed by atoms with E-state index in [9.17, 15) is 18.0 Å². The highest BCUT2D eigenvalue weighted by atomic mass is 19.4. The Balaban J connectivity index is 1.85. The van der Waals surface area contributed by atoms with Gasteiger partial charge in [0.05, 0.1) is 6.20 Å². The van der Waals surface area contributed by atoms with Crippen molar-refractivity contribution in [1.29, 1.82) is 0 Å². The van der Waals surface area contributed by atoms with E-state index in [0.717, 1.165) is 0 Å². The van der Waals surface area contributed by atoms with E-state index in [-0.39, 0.29) is 30.6 Å². The molecule has 0 spiro atoms. The third-order valence-corrected chi connectivity index (χ3v) is 3.16. The summed E-state index contributed by atoms with van der Waals surface area (Å²) in [6, 6.07) is 5.37. The van der Waals surface area contributed by atoms with Crippen molar-refractivity contribution < 1.29 is 22.7 Å². The molecule has 1 aromatic carbocycles. The number of carbonyl (C=O) groups is 1. The lowest BCUT2D eigenvalue weighted by molar-refractivity contribution is -0.274. The molecule has 0 aliphatic carbocycles. The zero-order valence-electron chi connectivity index (χ0n) is 13.7. The number of rotatable bonds is 6. The lowest BCUT2D eigenvalue weighted by atomic mass is 10.1. The number of nitrogens with zero attached hydrogens (tertiary/aromatic N) is 3. The third kappa shape index (κ3) is 5.98. The standard InChI is InChI=1S/C15H18F3N5O2/c1-10(2)23-9-13(21-22-23)20-14(24)19-8-7-11-5-3-4-6-12(11)25-15(16,17)18/h3-6,9-10H,7-8H2,1-2H3,(H2,19,20,24). The first kappa shape index (κ1) is 18.6. The van der Waals surface area contributed by atoms with Gasteiger partial charge in [-0.2, -0.15) is 0 Å². The molecular formula is C15H18F3N5O2. The van der Waals surface area contributed by atoms with Crippen LogP contribution in [0.1, 0.15) is 25.5 Å². The average molecular weight is 357 g/mol. The summed E-state index contributed by atoms with van der Waals surface area (Å²) < 4.78 is 42.6. The van der Waals surface area contributed by atoms with Crippen LogP contribution in [0.4, 0.5) is 23.8 Å². The topological polar surface area (TPSA) is 81.1 Å². The van der Waals surface area contributed by atoms with Gasteiger partial charge >= 0.3 is 12.4 Å². The maximum absolute atomic E-state index is 12.4. The molecule has 0 aliphatic heterocycles. The molecule has 0 bridgehead atoms. The quantitative estimate of drug-likeness (QED) is 0.832. The molecule has 0 aliphatic rings. The monoisotopic (exact) mass is 357 g/mol. The Bertz CT molecular complexity index is 715. The number of halogens is 3. The van der Waals surface area contributed by atoms with E-state index in [2.05, 4.69) is 25.7 Å². The van der Waals surface area contributed by atoms with Gasteiger partial charge in [0, 0.05) is 12.6 Å². The van der Waals surface area contributed by atoms with E-state index in [1.165, 1.54) is 18.2 Å². The number of benzene rings is 1. The Hall–Kier alpha value is -2.78. The molecule has 2 rings (SSSR count). The number of ether oxygens (including phenoxy) is 1. The number of alkyl halides is 3. The van der Waals surface area contributed by atoms with Crippen molar-refractivity contribution in [3.8, 4) is 5.75 Å². The molecule has 25 heavy (non-hydrogen) atoms. The molecule has 2 amide bonds. The van der Waals surface area contributed by atoms with Gasteiger partial charge < -0.3 is 10.1 Å². The molecule has 2 aromatic rings. The van der Waals surface area contributed by atoms with Crippen molar-refractivity contribution in [3.63, 3.8) is 0 Å². The molecule has 0 fully saturated rings. The second-order valence-corrected chi connectivity index (χ2v) is 5.46. The Kier molecular flexibility index (Phi) is 5.84. The Morgan fingerprint density at radius 1 is 1.32 bits per heavy atom. The van der Waals surface area contributed by atoms with Crippen LogP contribution in [0.2, 0.25) is 0 Å². The van der Waals surface area contributed by atoms with Crippen LogP contribution < -0.4 is 15.4 Å². The van der Waals surface area contributed by atoms with Crippen molar-refractivity contribution in [2.24, 2.45) is 0 Å². The van der Waals surface area contributed by atoms with Crippen molar-refractivity contribution in [3.05, 3.63) is 36.0 Å². The maximum Gasteiger partial charge on any atom is 0.573 e. The summed E-state index contributed by atoms with van der Waals surface area (Å²) >= 11 is 0. The smallest absolute Gasteiger partial charge is 0.406 e. The van der Waals surface area contributed by atoms with Gasteiger partial charge in [-0.15, -0.1) is 18.3 Å². The summed E-state index contributed by atoms with van der Waals surface area (Å²) in [5, 5.41) is 12.7. The number of para-hydroxylation sites is 1. The van der Waals surface area contributed by atoms with Gasteiger partial charge in [-0.05, 0) is 31.9 Å².